The second-order valence-corrected chi connectivity index (χ2v) is 4.89. The molecule has 3 nitrogen and oxygen atoms in total. The number of allylic oxidation sites excluding steroid dienone is 4. The fourth-order valence-corrected chi connectivity index (χ4v) is 2.38. The van der Waals surface area contributed by atoms with Crippen LogP contribution in [0.4, 0.5) is 5.88 Å². The Hall–Kier alpha value is -2.68. The Kier molecular flexibility index (Phi) is 5.87. The Balaban J connectivity index is 2.78. The summed E-state index contributed by atoms with van der Waals surface area (Å²) >= 11 is 0. The van der Waals surface area contributed by atoms with Crippen molar-refractivity contribution in [2.45, 2.75) is 27.7 Å². The van der Waals surface area contributed by atoms with Gasteiger partial charge >= 0.3 is 0 Å². The van der Waals surface area contributed by atoms with E-state index in [-0.39, 0.29) is 0 Å². The van der Waals surface area contributed by atoms with Crippen LogP contribution in [0.25, 0.3) is 17.0 Å². The van der Waals surface area contributed by atoms with E-state index in [1.54, 1.807) is 12.4 Å². The fourth-order valence-electron chi connectivity index (χ4n) is 2.38. The maximum Gasteiger partial charge on any atom is 0.226 e. The molecule has 0 aliphatic heterocycles. The van der Waals surface area contributed by atoms with Crippen molar-refractivity contribution in [1.29, 1.82) is 0 Å². The first-order valence-corrected chi connectivity index (χ1v) is 7.75. The Labute approximate surface area is 137 Å². The lowest BCUT2D eigenvalue weighted by Crippen LogP contribution is -1.96. The molecule has 2 rings (SSSR count). The molecule has 0 bridgehead atoms. The van der Waals surface area contributed by atoms with Gasteiger partial charge in [-0.3, -0.25) is 4.99 Å². The molecule has 0 amide bonds. The molecular formula is C20H22N2O. The molecule has 0 aliphatic carbocycles. The highest BCUT2D eigenvalue weighted by Gasteiger charge is 2.15. The maximum absolute atomic E-state index is 6.04. The number of nitrogens with zero attached hydrogens (tertiary/aromatic N) is 2. The standard InChI is InChI=1S/C20H22N2O/c1-5-10-16-15-12-9-13-17(18(11-6-2)22-14-7-3)19(15)23-20(16)21-8-4/h5-14H,1-4H3/b10-5-,11-6-,14-7-,21-8-,22-18+. The van der Waals surface area contributed by atoms with E-state index in [4.69, 9.17) is 4.42 Å². The second-order valence-electron chi connectivity index (χ2n) is 4.89. The van der Waals surface area contributed by atoms with Crippen LogP contribution in [0.3, 0.4) is 0 Å². The van der Waals surface area contributed by atoms with E-state index in [0.717, 1.165) is 27.8 Å². The zero-order valence-electron chi connectivity index (χ0n) is 14.1. The highest BCUT2D eigenvalue weighted by atomic mass is 16.3. The highest BCUT2D eigenvalue weighted by molar-refractivity contribution is 6.16. The van der Waals surface area contributed by atoms with Crippen LogP contribution in [0.2, 0.25) is 0 Å². The van der Waals surface area contributed by atoms with Crippen LogP contribution in [0.1, 0.15) is 38.8 Å². The number of fused-ring (bicyclic) bond motifs is 1. The lowest BCUT2D eigenvalue weighted by molar-refractivity contribution is 0.625. The monoisotopic (exact) mass is 306 g/mol. The lowest BCUT2D eigenvalue weighted by Gasteiger charge is -2.01. The summed E-state index contributed by atoms with van der Waals surface area (Å²) in [7, 11) is 0. The molecule has 2 aromatic rings. The molecule has 0 radical (unpaired) electrons. The quantitative estimate of drug-likeness (QED) is 0.616. The number of rotatable bonds is 5. The first kappa shape index (κ1) is 16.7. The first-order valence-electron chi connectivity index (χ1n) is 7.75. The average Bonchev–Trinajstić information content (AvgIpc) is 2.90. The van der Waals surface area contributed by atoms with Crippen LogP contribution in [0.5, 0.6) is 0 Å². The van der Waals surface area contributed by atoms with Gasteiger partial charge in [0.05, 0.1) is 5.71 Å². The molecule has 0 saturated carbocycles. The SMILES string of the molecule is C\C=C/N=C(\C=C/C)c1cccc2c(/C=C\C)c(/N=C\C)oc12. The summed E-state index contributed by atoms with van der Waals surface area (Å²) in [6, 6.07) is 6.09. The minimum Gasteiger partial charge on any atom is -0.437 e. The third kappa shape index (κ3) is 3.57. The first-order chi connectivity index (χ1) is 11.3. The molecule has 1 aromatic heterocycles. The van der Waals surface area contributed by atoms with E-state index in [1.165, 1.54) is 0 Å². The molecular weight excluding hydrogens is 284 g/mol. The molecule has 1 aromatic carbocycles. The van der Waals surface area contributed by atoms with Gasteiger partial charge in [0.25, 0.3) is 0 Å². The normalized spacial score (nSPS) is 13.7. The molecule has 23 heavy (non-hydrogen) atoms. The van der Waals surface area contributed by atoms with E-state index >= 15 is 0 Å². The van der Waals surface area contributed by atoms with Gasteiger partial charge in [-0.15, -0.1) is 0 Å². The molecule has 0 N–H and O–H groups in total. The number of furan rings is 1. The van der Waals surface area contributed by atoms with Gasteiger partial charge in [-0.05, 0) is 39.8 Å². The van der Waals surface area contributed by atoms with Gasteiger partial charge in [0.2, 0.25) is 5.88 Å². The summed E-state index contributed by atoms with van der Waals surface area (Å²) in [6.07, 6.45) is 13.4. The third-order valence-electron chi connectivity index (χ3n) is 3.28. The van der Waals surface area contributed by atoms with Gasteiger partial charge in [-0.2, -0.15) is 0 Å². The van der Waals surface area contributed by atoms with E-state index in [2.05, 4.69) is 16.1 Å². The summed E-state index contributed by atoms with van der Waals surface area (Å²) in [5.41, 5.74) is 3.63. The van der Waals surface area contributed by atoms with E-state index in [1.807, 2.05) is 70.2 Å². The van der Waals surface area contributed by atoms with Gasteiger partial charge in [-0.1, -0.05) is 36.4 Å². The predicted octanol–water partition coefficient (Wildman–Crippen LogP) is 6.09. The summed E-state index contributed by atoms with van der Waals surface area (Å²) in [5.74, 6) is 0.624. The number of para-hydroxylation sites is 1. The number of benzene rings is 1. The molecule has 1 heterocycles. The highest BCUT2D eigenvalue weighted by Crippen LogP contribution is 2.35. The Morgan fingerprint density at radius 3 is 2.52 bits per heavy atom. The van der Waals surface area contributed by atoms with Gasteiger partial charge < -0.3 is 4.42 Å². The van der Waals surface area contributed by atoms with Gasteiger partial charge in [0.15, 0.2) is 0 Å². The van der Waals surface area contributed by atoms with E-state index in [0.29, 0.717) is 5.88 Å². The zero-order valence-corrected chi connectivity index (χ0v) is 14.1. The van der Waals surface area contributed by atoms with Crippen LogP contribution in [-0.4, -0.2) is 11.9 Å². The predicted molar refractivity (Wildman–Crippen MR) is 101 cm³/mol. The minimum atomic E-state index is 0.624. The van der Waals surface area contributed by atoms with Crippen molar-refractivity contribution in [2.75, 3.05) is 0 Å². The zero-order chi connectivity index (χ0) is 16.7. The Morgan fingerprint density at radius 2 is 1.87 bits per heavy atom. The van der Waals surface area contributed by atoms with Crippen molar-refractivity contribution in [3.8, 4) is 0 Å². The minimum absolute atomic E-state index is 0.624. The third-order valence-corrected chi connectivity index (χ3v) is 3.28. The van der Waals surface area contributed by atoms with E-state index < -0.39 is 0 Å². The number of hydrogen-bond acceptors (Lipinski definition) is 3. The van der Waals surface area contributed by atoms with Gasteiger partial charge in [-0.25, -0.2) is 4.99 Å². The number of hydrogen-bond donors (Lipinski definition) is 0. The Morgan fingerprint density at radius 1 is 1.04 bits per heavy atom. The summed E-state index contributed by atoms with van der Waals surface area (Å²) in [4.78, 5) is 8.87. The molecule has 0 aliphatic rings. The maximum atomic E-state index is 6.04. The lowest BCUT2D eigenvalue weighted by atomic mass is 10.0. The van der Waals surface area contributed by atoms with Crippen LogP contribution in [-0.2, 0) is 0 Å². The van der Waals surface area contributed by atoms with Crippen molar-refractivity contribution in [3.05, 3.63) is 59.8 Å². The molecule has 0 unspecified atom stereocenters. The molecule has 0 atom stereocenters. The largest absolute Gasteiger partial charge is 0.437 e. The van der Waals surface area contributed by atoms with Crippen molar-refractivity contribution >= 4 is 34.9 Å². The van der Waals surface area contributed by atoms with Gasteiger partial charge in [0.1, 0.15) is 5.58 Å². The van der Waals surface area contributed by atoms with Crippen molar-refractivity contribution in [2.24, 2.45) is 9.98 Å². The molecule has 118 valence electrons. The van der Waals surface area contributed by atoms with Crippen molar-refractivity contribution in [1.82, 2.24) is 0 Å². The van der Waals surface area contributed by atoms with E-state index in [9.17, 15) is 0 Å². The molecule has 0 spiro atoms. The van der Waals surface area contributed by atoms with Crippen LogP contribution in [0.15, 0.2) is 63.1 Å². The van der Waals surface area contributed by atoms with Crippen LogP contribution < -0.4 is 0 Å². The van der Waals surface area contributed by atoms with Gasteiger partial charge in [0, 0.05) is 28.9 Å². The molecule has 3 heteroatoms. The Bertz CT molecular complexity index is 818. The molecule has 0 fully saturated rings. The smallest absolute Gasteiger partial charge is 0.226 e. The summed E-state index contributed by atoms with van der Waals surface area (Å²) < 4.78 is 6.04. The summed E-state index contributed by atoms with van der Waals surface area (Å²) in [5, 5.41) is 1.04. The summed E-state index contributed by atoms with van der Waals surface area (Å²) in [6.45, 7) is 7.79. The fraction of sp³-hybridized carbons (Fsp3) is 0.200. The number of aliphatic imine (C=N–C) groups is 2. The average molecular weight is 306 g/mol. The van der Waals surface area contributed by atoms with Crippen molar-refractivity contribution in [3.63, 3.8) is 0 Å². The van der Waals surface area contributed by atoms with Crippen LogP contribution >= 0.6 is 0 Å². The topological polar surface area (TPSA) is 37.9 Å². The second kappa shape index (κ2) is 8.08. The van der Waals surface area contributed by atoms with Crippen molar-refractivity contribution < 1.29 is 4.42 Å². The molecule has 0 saturated heterocycles. The van der Waals surface area contributed by atoms with Crippen LogP contribution in [0, 0.1) is 0 Å².